The molecular weight excluding hydrogens is 594 g/mol. The minimum atomic E-state index is -4.15. The second kappa shape index (κ2) is 9.37. The maximum atomic E-state index is 13.9. The van der Waals surface area contributed by atoms with Gasteiger partial charge >= 0.3 is 0 Å². The number of carbonyl (C=O) groups is 1. The molecule has 1 atom stereocenters. The van der Waals surface area contributed by atoms with E-state index in [1.165, 1.54) is 0 Å². The number of benzene rings is 3. The summed E-state index contributed by atoms with van der Waals surface area (Å²) in [5.41, 5.74) is 3.22. The summed E-state index contributed by atoms with van der Waals surface area (Å²) < 4.78 is 32.5. The van der Waals surface area contributed by atoms with E-state index in [9.17, 15) is 13.2 Å². The van der Waals surface area contributed by atoms with E-state index in [1.54, 1.807) is 24.3 Å². The van der Waals surface area contributed by atoms with Crippen molar-refractivity contribution >= 4 is 47.8 Å². The second-order valence-electron chi connectivity index (χ2n) is 8.40. The standard InChI is InChI=1S/C26H21Br2N3O3S/c1-17-2-12-22(13-3-17)35(33,34)31-24(32)14-15-30-16-23(18-4-8-20(27)9-5-18)29-26(30)25(31)19-6-10-21(28)11-7-19/h2-13,16,25H,14-15H2,1H3. The van der Waals surface area contributed by atoms with Crippen molar-refractivity contribution in [1.29, 1.82) is 0 Å². The quantitative estimate of drug-likeness (QED) is 0.279. The lowest BCUT2D eigenvalue weighted by Crippen LogP contribution is -2.39. The molecule has 2 heterocycles. The highest BCUT2D eigenvalue weighted by atomic mass is 79.9. The molecule has 3 aromatic carbocycles. The van der Waals surface area contributed by atoms with Gasteiger partial charge in [-0.15, -0.1) is 0 Å². The van der Waals surface area contributed by atoms with Crippen LogP contribution in [-0.2, 0) is 21.4 Å². The molecule has 0 aliphatic carbocycles. The van der Waals surface area contributed by atoms with Gasteiger partial charge in [-0.1, -0.05) is 73.8 Å². The Hall–Kier alpha value is -2.75. The fourth-order valence-electron chi connectivity index (χ4n) is 4.19. The van der Waals surface area contributed by atoms with Gasteiger partial charge in [-0.3, -0.25) is 4.79 Å². The first-order valence-electron chi connectivity index (χ1n) is 11.0. The van der Waals surface area contributed by atoms with E-state index >= 15 is 0 Å². The third kappa shape index (κ3) is 4.60. The summed E-state index contributed by atoms with van der Waals surface area (Å²) in [5.74, 6) is 0.0426. The van der Waals surface area contributed by atoms with Crippen molar-refractivity contribution in [3.63, 3.8) is 0 Å². The molecule has 6 nitrogen and oxygen atoms in total. The number of sulfonamides is 1. The Morgan fingerprint density at radius 2 is 1.49 bits per heavy atom. The third-order valence-corrected chi connectivity index (χ3v) is 8.86. The molecular formula is C26H21Br2N3O3S. The van der Waals surface area contributed by atoms with Crippen molar-refractivity contribution in [2.24, 2.45) is 0 Å². The van der Waals surface area contributed by atoms with Gasteiger partial charge in [0.05, 0.1) is 10.6 Å². The molecule has 1 amide bonds. The molecule has 35 heavy (non-hydrogen) atoms. The topological polar surface area (TPSA) is 72.3 Å². The van der Waals surface area contributed by atoms with E-state index in [4.69, 9.17) is 4.98 Å². The van der Waals surface area contributed by atoms with E-state index < -0.39 is 22.0 Å². The van der Waals surface area contributed by atoms with Gasteiger partial charge in [-0.2, -0.15) is 0 Å². The Morgan fingerprint density at radius 3 is 2.11 bits per heavy atom. The highest BCUT2D eigenvalue weighted by Gasteiger charge is 2.41. The summed E-state index contributed by atoms with van der Waals surface area (Å²) in [6.45, 7) is 2.23. The highest BCUT2D eigenvalue weighted by molar-refractivity contribution is 9.10. The van der Waals surface area contributed by atoms with Crippen molar-refractivity contribution in [1.82, 2.24) is 13.9 Å². The SMILES string of the molecule is Cc1ccc(S(=O)(=O)N2C(=O)CCn3cc(-c4ccc(Br)cc4)nc3C2c2ccc(Br)cc2)cc1. The Morgan fingerprint density at radius 1 is 0.886 bits per heavy atom. The predicted molar refractivity (Wildman–Crippen MR) is 141 cm³/mol. The van der Waals surface area contributed by atoms with Crippen molar-refractivity contribution < 1.29 is 13.2 Å². The Kier molecular flexibility index (Phi) is 6.41. The van der Waals surface area contributed by atoms with E-state index in [0.717, 1.165) is 30.1 Å². The number of fused-ring (bicyclic) bond motifs is 1. The first-order valence-corrected chi connectivity index (χ1v) is 14.0. The van der Waals surface area contributed by atoms with Gasteiger partial charge in [0.2, 0.25) is 5.91 Å². The molecule has 1 unspecified atom stereocenters. The van der Waals surface area contributed by atoms with Crippen LogP contribution in [0.1, 0.15) is 29.4 Å². The molecule has 178 valence electrons. The van der Waals surface area contributed by atoms with Crippen molar-refractivity contribution in [2.45, 2.75) is 30.8 Å². The molecule has 9 heteroatoms. The van der Waals surface area contributed by atoms with Gasteiger partial charge in [0.25, 0.3) is 10.0 Å². The van der Waals surface area contributed by atoms with Crippen LogP contribution in [0, 0.1) is 6.92 Å². The van der Waals surface area contributed by atoms with Crippen molar-refractivity contribution in [2.75, 3.05) is 0 Å². The molecule has 0 fully saturated rings. The summed E-state index contributed by atoms with van der Waals surface area (Å²) in [4.78, 5) is 18.4. The lowest BCUT2D eigenvalue weighted by atomic mass is 10.1. The average Bonchev–Trinajstić information content (AvgIpc) is 3.20. The molecule has 4 aromatic rings. The van der Waals surface area contributed by atoms with Crippen LogP contribution < -0.4 is 0 Å². The summed E-state index contributed by atoms with van der Waals surface area (Å²) in [5, 5.41) is 0. The molecule has 0 saturated carbocycles. The monoisotopic (exact) mass is 613 g/mol. The van der Waals surface area contributed by atoms with Gasteiger partial charge in [0.15, 0.2) is 0 Å². The Balaban J connectivity index is 1.71. The zero-order chi connectivity index (χ0) is 24.7. The minimum absolute atomic E-state index is 0.0429. The first kappa shape index (κ1) is 24.0. The first-order chi connectivity index (χ1) is 16.7. The smallest absolute Gasteiger partial charge is 0.267 e. The number of rotatable bonds is 4. The molecule has 0 bridgehead atoms. The average molecular weight is 615 g/mol. The van der Waals surface area contributed by atoms with E-state index in [-0.39, 0.29) is 11.3 Å². The third-order valence-electron chi connectivity index (χ3n) is 6.00. The number of halogens is 2. The number of aryl methyl sites for hydroxylation is 2. The number of aromatic nitrogens is 2. The minimum Gasteiger partial charge on any atom is -0.332 e. The number of amides is 1. The fraction of sp³-hybridized carbons (Fsp3) is 0.154. The summed E-state index contributed by atoms with van der Waals surface area (Å²) >= 11 is 6.90. The lowest BCUT2D eigenvalue weighted by Gasteiger charge is -2.29. The maximum Gasteiger partial charge on any atom is 0.267 e. The van der Waals surface area contributed by atoms with Gasteiger partial charge in [0, 0.05) is 33.7 Å². The highest BCUT2D eigenvalue weighted by Crippen LogP contribution is 2.37. The van der Waals surface area contributed by atoms with Crippen LogP contribution in [0.25, 0.3) is 11.3 Å². The number of nitrogens with zero attached hydrogens (tertiary/aromatic N) is 3. The Bertz CT molecular complexity index is 1500. The zero-order valence-electron chi connectivity index (χ0n) is 18.7. The van der Waals surface area contributed by atoms with Gasteiger partial charge < -0.3 is 4.57 Å². The largest absolute Gasteiger partial charge is 0.332 e. The number of carbonyl (C=O) groups excluding carboxylic acids is 1. The van der Waals surface area contributed by atoms with Crippen LogP contribution in [0.5, 0.6) is 0 Å². The second-order valence-corrected chi connectivity index (χ2v) is 12.0. The van der Waals surface area contributed by atoms with Gasteiger partial charge in [-0.05, 0) is 48.9 Å². The number of hydrogen-bond acceptors (Lipinski definition) is 4. The van der Waals surface area contributed by atoms with Gasteiger partial charge in [0.1, 0.15) is 11.9 Å². The van der Waals surface area contributed by atoms with Crippen molar-refractivity contribution in [3.05, 3.63) is 105 Å². The van der Waals surface area contributed by atoms with Crippen LogP contribution >= 0.6 is 31.9 Å². The number of hydrogen-bond donors (Lipinski definition) is 0. The van der Waals surface area contributed by atoms with E-state index in [2.05, 4.69) is 31.9 Å². The molecule has 1 aromatic heterocycles. The molecule has 5 rings (SSSR count). The summed E-state index contributed by atoms with van der Waals surface area (Å²) in [6.07, 6.45) is 1.93. The molecule has 0 N–H and O–H groups in total. The van der Waals surface area contributed by atoms with Crippen LogP contribution in [0.3, 0.4) is 0 Å². The molecule has 1 aliphatic heterocycles. The molecule has 1 aliphatic rings. The fourth-order valence-corrected chi connectivity index (χ4v) is 6.28. The molecule has 0 saturated heterocycles. The van der Waals surface area contributed by atoms with Gasteiger partial charge in [-0.25, -0.2) is 17.7 Å². The van der Waals surface area contributed by atoms with E-state index in [1.807, 2.05) is 66.2 Å². The molecule has 0 radical (unpaired) electrons. The van der Waals surface area contributed by atoms with Crippen LogP contribution in [0.4, 0.5) is 0 Å². The summed E-state index contributed by atoms with van der Waals surface area (Å²) in [7, 11) is -4.15. The van der Waals surface area contributed by atoms with Crippen LogP contribution in [-0.4, -0.2) is 28.2 Å². The zero-order valence-corrected chi connectivity index (χ0v) is 22.7. The van der Waals surface area contributed by atoms with Crippen LogP contribution in [0.2, 0.25) is 0 Å². The summed E-state index contributed by atoms with van der Waals surface area (Å²) in [6, 6.07) is 20.7. The molecule has 0 spiro atoms. The normalized spacial score (nSPS) is 16.1. The predicted octanol–water partition coefficient (Wildman–Crippen LogP) is 6.09. The number of imidazole rings is 1. The Labute approximate surface area is 220 Å². The van der Waals surface area contributed by atoms with E-state index in [0.29, 0.717) is 17.9 Å². The lowest BCUT2D eigenvalue weighted by molar-refractivity contribution is -0.127. The maximum absolute atomic E-state index is 13.9. The van der Waals surface area contributed by atoms with Crippen molar-refractivity contribution in [3.8, 4) is 11.3 Å². The van der Waals surface area contributed by atoms with Crippen LogP contribution in [0.15, 0.2) is 92.8 Å².